The summed E-state index contributed by atoms with van der Waals surface area (Å²) >= 11 is 0. The van der Waals surface area contributed by atoms with Crippen molar-refractivity contribution >= 4 is 6.08 Å². The molecule has 1 N–H and O–H groups in total. The number of aliphatic hydroxyl groups excluding tert-OH is 1. The predicted octanol–water partition coefficient (Wildman–Crippen LogP) is 2.74. The Morgan fingerprint density at radius 1 is 1.27 bits per heavy atom. The summed E-state index contributed by atoms with van der Waals surface area (Å²) in [6.45, 7) is 8.05. The second-order valence-electron chi connectivity index (χ2n) is 6.20. The summed E-state index contributed by atoms with van der Waals surface area (Å²) in [6, 6.07) is 9.94. The first kappa shape index (κ1) is 15.3. The van der Waals surface area contributed by atoms with Gasteiger partial charge in [0.2, 0.25) is 0 Å². The highest BCUT2D eigenvalue weighted by atomic mass is 16.8. The number of benzene rings is 1. The summed E-state index contributed by atoms with van der Waals surface area (Å²) in [6.07, 6.45) is 2.50. The second-order valence-corrected chi connectivity index (χ2v) is 6.20. The summed E-state index contributed by atoms with van der Waals surface area (Å²) in [4.78, 5) is 0. The summed E-state index contributed by atoms with van der Waals surface area (Å²) in [5, 5.41) is 10.6. The van der Waals surface area contributed by atoms with Crippen LogP contribution in [0.4, 0.5) is 0 Å². The van der Waals surface area contributed by atoms with Gasteiger partial charge < -0.3 is 19.3 Å². The average molecular weight is 302 g/mol. The molecule has 1 aromatic carbocycles. The van der Waals surface area contributed by atoms with E-state index in [0.29, 0.717) is 12.4 Å². The third kappa shape index (κ3) is 3.09. The molecule has 3 rings (SSSR count). The SMILES string of the molecule is C=C1O[C@H]([C@H]2COC(C)(C)O2)[C@H](O)[C@H]1/C=C/c1ccccc1. The molecule has 118 valence electrons. The van der Waals surface area contributed by atoms with Crippen molar-refractivity contribution < 1.29 is 19.3 Å². The van der Waals surface area contributed by atoms with Gasteiger partial charge in [0.15, 0.2) is 11.9 Å². The first-order chi connectivity index (χ1) is 10.5. The lowest BCUT2D eigenvalue weighted by molar-refractivity contribution is -0.156. The van der Waals surface area contributed by atoms with E-state index in [0.717, 1.165) is 5.56 Å². The van der Waals surface area contributed by atoms with Crippen molar-refractivity contribution in [2.75, 3.05) is 6.61 Å². The molecule has 22 heavy (non-hydrogen) atoms. The van der Waals surface area contributed by atoms with Crippen LogP contribution >= 0.6 is 0 Å². The van der Waals surface area contributed by atoms with E-state index in [-0.39, 0.29) is 12.0 Å². The Bertz CT molecular complexity index is 564. The Morgan fingerprint density at radius 3 is 2.64 bits per heavy atom. The molecule has 2 fully saturated rings. The van der Waals surface area contributed by atoms with Crippen LogP contribution in [0.2, 0.25) is 0 Å². The standard InChI is InChI=1S/C18H22O4/c1-12-14(10-9-13-7-5-4-6-8-13)16(19)17(21-12)15-11-20-18(2,3)22-15/h4-10,14-17,19H,1,11H2,2-3H3/b10-9+/t14-,15+,16+,17+/m0/s1. The van der Waals surface area contributed by atoms with E-state index in [1.807, 2.05) is 56.3 Å². The largest absolute Gasteiger partial charge is 0.489 e. The molecule has 2 aliphatic rings. The molecule has 0 aromatic heterocycles. The molecule has 0 unspecified atom stereocenters. The van der Waals surface area contributed by atoms with Crippen molar-refractivity contribution in [2.24, 2.45) is 5.92 Å². The molecule has 1 aromatic rings. The van der Waals surface area contributed by atoms with E-state index in [9.17, 15) is 5.11 Å². The zero-order valence-corrected chi connectivity index (χ0v) is 12.9. The van der Waals surface area contributed by atoms with Crippen molar-refractivity contribution in [3.63, 3.8) is 0 Å². The minimum atomic E-state index is -0.685. The molecular formula is C18H22O4. The zero-order valence-electron chi connectivity index (χ0n) is 12.9. The van der Waals surface area contributed by atoms with Gasteiger partial charge in [-0.15, -0.1) is 0 Å². The lowest BCUT2D eigenvalue weighted by atomic mass is 9.96. The first-order valence-electron chi connectivity index (χ1n) is 7.55. The van der Waals surface area contributed by atoms with E-state index in [1.165, 1.54) is 0 Å². The Balaban J connectivity index is 1.69. The van der Waals surface area contributed by atoms with Crippen molar-refractivity contribution in [1.29, 1.82) is 0 Å². The number of ether oxygens (including phenoxy) is 3. The number of hydrogen-bond acceptors (Lipinski definition) is 4. The van der Waals surface area contributed by atoms with Crippen LogP contribution in [0.1, 0.15) is 19.4 Å². The maximum absolute atomic E-state index is 10.6. The molecule has 0 saturated carbocycles. The van der Waals surface area contributed by atoms with Crippen LogP contribution in [-0.4, -0.2) is 35.8 Å². The summed E-state index contributed by atoms with van der Waals surface area (Å²) in [7, 11) is 0. The van der Waals surface area contributed by atoms with Crippen LogP contribution in [0.25, 0.3) is 6.08 Å². The quantitative estimate of drug-likeness (QED) is 0.932. The molecule has 0 spiro atoms. The maximum Gasteiger partial charge on any atom is 0.163 e. The minimum Gasteiger partial charge on any atom is -0.489 e. The van der Waals surface area contributed by atoms with Gasteiger partial charge in [-0.3, -0.25) is 0 Å². The summed E-state index contributed by atoms with van der Waals surface area (Å²) < 4.78 is 17.1. The van der Waals surface area contributed by atoms with Crippen LogP contribution in [0.3, 0.4) is 0 Å². The van der Waals surface area contributed by atoms with E-state index in [1.54, 1.807) is 0 Å². The Kier molecular flexibility index (Phi) is 4.08. The fourth-order valence-electron chi connectivity index (χ4n) is 2.89. The van der Waals surface area contributed by atoms with Gasteiger partial charge in [0.1, 0.15) is 12.2 Å². The molecular weight excluding hydrogens is 280 g/mol. The van der Waals surface area contributed by atoms with E-state index < -0.39 is 18.0 Å². The van der Waals surface area contributed by atoms with Gasteiger partial charge in [-0.25, -0.2) is 0 Å². The Hall–Kier alpha value is -1.62. The topological polar surface area (TPSA) is 47.9 Å². The highest BCUT2D eigenvalue weighted by molar-refractivity contribution is 5.50. The fourth-order valence-corrected chi connectivity index (χ4v) is 2.89. The molecule has 0 bridgehead atoms. The molecule has 0 amide bonds. The smallest absolute Gasteiger partial charge is 0.163 e. The normalized spacial score (nSPS) is 34.2. The zero-order chi connectivity index (χ0) is 15.7. The number of aliphatic hydroxyl groups is 1. The van der Waals surface area contributed by atoms with Gasteiger partial charge in [-0.05, 0) is 19.4 Å². The van der Waals surface area contributed by atoms with Crippen LogP contribution in [0.15, 0.2) is 48.7 Å². The predicted molar refractivity (Wildman–Crippen MR) is 83.9 cm³/mol. The number of hydrogen-bond donors (Lipinski definition) is 1. The first-order valence-corrected chi connectivity index (χ1v) is 7.55. The Morgan fingerprint density at radius 2 is 2.00 bits per heavy atom. The van der Waals surface area contributed by atoms with Gasteiger partial charge in [-0.2, -0.15) is 0 Å². The lowest BCUT2D eigenvalue weighted by Crippen LogP contribution is -2.39. The van der Waals surface area contributed by atoms with E-state index in [4.69, 9.17) is 14.2 Å². The van der Waals surface area contributed by atoms with Crippen LogP contribution in [0.5, 0.6) is 0 Å². The third-order valence-electron chi connectivity index (χ3n) is 4.06. The van der Waals surface area contributed by atoms with Gasteiger partial charge >= 0.3 is 0 Å². The van der Waals surface area contributed by atoms with Gasteiger partial charge in [-0.1, -0.05) is 49.1 Å². The van der Waals surface area contributed by atoms with Crippen molar-refractivity contribution in [3.8, 4) is 0 Å². The van der Waals surface area contributed by atoms with Crippen molar-refractivity contribution in [2.45, 2.75) is 37.9 Å². The molecule has 2 aliphatic heterocycles. The van der Waals surface area contributed by atoms with Crippen molar-refractivity contribution in [1.82, 2.24) is 0 Å². The minimum absolute atomic E-state index is 0.238. The molecule has 2 heterocycles. The second kappa shape index (κ2) is 5.88. The van der Waals surface area contributed by atoms with Gasteiger partial charge in [0.05, 0.1) is 18.3 Å². The van der Waals surface area contributed by atoms with Crippen LogP contribution < -0.4 is 0 Å². The monoisotopic (exact) mass is 302 g/mol. The van der Waals surface area contributed by atoms with Crippen LogP contribution in [0, 0.1) is 5.92 Å². The summed E-state index contributed by atoms with van der Waals surface area (Å²) in [5.74, 6) is -0.303. The lowest BCUT2D eigenvalue weighted by Gasteiger charge is -2.22. The van der Waals surface area contributed by atoms with E-state index >= 15 is 0 Å². The molecule has 4 heteroatoms. The molecule has 0 aliphatic carbocycles. The van der Waals surface area contributed by atoms with Crippen LogP contribution in [-0.2, 0) is 14.2 Å². The fraction of sp³-hybridized carbons (Fsp3) is 0.444. The molecule has 4 nitrogen and oxygen atoms in total. The highest BCUT2D eigenvalue weighted by Gasteiger charge is 2.48. The van der Waals surface area contributed by atoms with Crippen molar-refractivity contribution in [3.05, 3.63) is 54.3 Å². The average Bonchev–Trinajstić information content (AvgIpc) is 2.98. The summed E-state index contributed by atoms with van der Waals surface area (Å²) in [5.41, 5.74) is 1.08. The molecule has 0 radical (unpaired) electrons. The molecule has 2 saturated heterocycles. The maximum atomic E-state index is 10.6. The Labute approximate surface area is 131 Å². The third-order valence-corrected chi connectivity index (χ3v) is 4.06. The highest BCUT2D eigenvalue weighted by Crippen LogP contribution is 2.37. The van der Waals surface area contributed by atoms with Gasteiger partial charge in [0, 0.05) is 0 Å². The van der Waals surface area contributed by atoms with E-state index in [2.05, 4.69) is 6.58 Å². The van der Waals surface area contributed by atoms with Gasteiger partial charge in [0.25, 0.3) is 0 Å². The molecule has 4 atom stereocenters. The number of rotatable bonds is 3.